The largest absolute Gasteiger partial charge is 0.497 e. The van der Waals surface area contributed by atoms with Gasteiger partial charge in [0.25, 0.3) is 5.91 Å². The average Bonchev–Trinajstić information content (AvgIpc) is 2.93. The molecule has 1 aromatic carbocycles. The molecule has 0 unspecified atom stereocenters. The Balaban J connectivity index is 1.55. The Hall–Kier alpha value is -2.43. The van der Waals surface area contributed by atoms with Crippen LogP contribution in [0.25, 0.3) is 0 Å². The number of rotatable bonds is 6. The lowest BCUT2D eigenvalue weighted by atomic mass is 9.92. The summed E-state index contributed by atoms with van der Waals surface area (Å²) < 4.78 is 10.4. The molecule has 10 heteroatoms. The number of hydrogen-bond donors (Lipinski definition) is 3. The van der Waals surface area contributed by atoms with E-state index in [1.807, 2.05) is 0 Å². The number of nitrogens with zero attached hydrogens (tertiary/aromatic N) is 2. The zero-order valence-corrected chi connectivity index (χ0v) is 16.8. The summed E-state index contributed by atoms with van der Waals surface area (Å²) in [5, 5.41) is 6.88. The van der Waals surface area contributed by atoms with Gasteiger partial charge in [0.15, 0.2) is 5.11 Å². The summed E-state index contributed by atoms with van der Waals surface area (Å²) in [6.07, 6.45) is 0. The lowest BCUT2D eigenvalue weighted by Gasteiger charge is -2.27. The van der Waals surface area contributed by atoms with Crippen LogP contribution in [0.2, 0.25) is 0 Å². The normalized spacial score (nSPS) is 22.7. The van der Waals surface area contributed by atoms with Gasteiger partial charge in [0.05, 0.1) is 20.3 Å². The number of imide groups is 1. The van der Waals surface area contributed by atoms with Crippen LogP contribution < -0.4 is 20.8 Å². The molecule has 0 aliphatic carbocycles. The third-order valence-electron chi connectivity index (χ3n) is 4.89. The second-order valence-corrected chi connectivity index (χ2v) is 7.15. The summed E-state index contributed by atoms with van der Waals surface area (Å²) in [5.74, 6) is 0.241. The highest BCUT2D eigenvalue weighted by atomic mass is 32.1. The highest BCUT2D eigenvalue weighted by molar-refractivity contribution is 7.80. The molecule has 0 radical (unpaired) electrons. The Morgan fingerprint density at radius 2 is 1.96 bits per heavy atom. The second-order valence-electron chi connectivity index (χ2n) is 6.75. The number of carbonyl (C=O) groups excluding carboxylic acids is 2. The molecule has 2 saturated heterocycles. The number of nitrogens with one attached hydrogen (secondary N) is 3. The average molecular weight is 407 g/mol. The number of hydrazine groups is 1. The van der Waals surface area contributed by atoms with E-state index in [1.54, 1.807) is 38.3 Å². The molecule has 9 nitrogen and oxygen atoms in total. The first kappa shape index (κ1) is 20.3. The molecule has 1 aromatic rings. The van der Waals surface area contributed by atoms with Crippen LogP contribution in [-0.4, -0.2) is 73.5 Å². The maximum atomic E-state index is 12.9. The third-order valence-corrected chi connectivity index (χ3v) is 5.12. The Morgan fingerprint density at radius 3 is 2.61 bits per heavy atom. The van der Waals surface area contributed by atoms with Crippen molar-refractivity contribution in [3.05, 3.63) is 29.8 Å². The van der Waals surface area contributed by atoms with Crippen molar-refractivity contribution in [2.45, 2.75) is 12.5 Å². The fraction of sp³-hybridized carbons (Fsp3) is 0.500. The van der Waals surface area contributed by atoms with E-state index in [9.17, 15) is 9.59 Å². The molecule has 3 rings (SSSR count). The number of ether oxygens (including phenoxy) is 2. The summed E-state index contributed by atoms with van der Waals surface area (Å²) in [4.78, 5) is 27.5. The number of thiocarbonyl (C=S) groups is 1. The van der Waals surface area contributed by atoms with Gasteiger partial charge in [-0.1, -0.05) is 12.1 Å². The van der Waals surface area contributed by atoms with Crippen molar-refractivity contribution >= 4 is 29.3 Å². The van der Waals surface area contributed by atoms with Gasteiger partial charge in [0.1, 0.15) is 11.3 Å². The molecule has 2 heterocycles. The fourth-order valence-electron chi connectivity index (χ4n) is 3.15. The Labute approximate surface area is 169 Å². The van der Waals surface area contributed by atoms with Gasteiger partial charge < -0.3 is 20.1 Å². The van der Waals surface area contributed by atoms with Crippen molar-refractivity contribution in [3.63, 3.8) is 0 Å². The van der Waals surface area contributed by atoms with Crippen molar-refractivity contribution in [2.75, 3.05) is 46.5 Å². The first-order valence-corrected chi connectivity index (χ1v) is 9.50. The number of benzene rings is 1. The minimum absolute atomic E-state index is 0.218. The van der Waals surface area contributed by atoms with Crippen molar-refractivity contribution < 1.29 is 19.1 Å². The maximum absolute atomic E-state index is 12.9. The molecule has 3 amide bonds. The fourth-order valence-corrected chi connectivity index (χ4v) is 3.35. The van der Waals surface area contributed by atoms with E-state index in [0.717, 1.165) is 37.9 Å². The molecule has 0 bridgehead atoms. The van der Waals surface area contributed by atoms with E-state index in [2.05, 4.69) is 21.0 Å². The van der Waals surface area contributed by atoms with Crippen molar-refractivity contribution in [3.8, 4) is 5.75 Å². The topological polar surface area (TPSA) is 95.2 Å². The van der Waals surface area contributed by atoms with Crippen LogP contribution >= 0.6 is 12.2 Å². The van der Waals surface area contributed by atoms with Crippen LogP contribution in [0.3, 0.4) is 0 Å². The smallest absolute Gasteiger partial charge is 0.344 e. The van der Waals surface area contributed by atoms with E-state index in [0.29, 0.717) is 17.9 Å². The number of carbonyl (C=O) groups is 2. The Bertz CT molecular complexity index is 738. The van der Waals surface area contributed by atoms with Crippen LogP contribution in [0.1, 0.15) is 12.5 Å². The molecule has 3 N–H and O–H groups in total. The quantitative estimate of drug-likeness (QED) is 0.454. The second kappa shape index (κ2) is 8.72. The SMILES string of the molecule is COc1ccc([C@]2(C)NC(=O)N(NC(=S)NCCN3CCOCC3)C2=O)cc1. The van der Waals surface area contributed by atoms with E-state index < -0.39 is 17.5 Å². The molecule has 0 saturated carbocycles. The number of hydrogen-bond acceptors (Lipinski definition) is 6. The molecule has 28 heavy (non-hydrogen) atoms. The Kier molecular flexibility index (Phi) is 6.32. The molecule has 2 aliphatic rings. The highest BCUT2D eigenvalue weighted by Crippen LogP contribution is 2.29. The van der Waals surface area contributed by atoms with E-state index >= 15 is 0 Å². The van der Waals surface area contributed by atoms with Gasteiger partial charge in [-0.25, -0.2) is 4.79 Å². The number of amides is 3. The summed E-state index contributed by atoms with van der Waals surface area (Å²) in [6.45, 7) is 6.29. The highest BCUT2D eigenvalue weighted by Gasteiger charge is 2.49. The van der Waals surface area contributed by atoms with Crippen LogP contribution in [0.15, 0.2) is 24.3 Å². The van der Waals surface area contributed by atoms with Crippen LogP contribution in [0.5, 0.6) is 5.75 Å². The molecule has 0 spiro atoms. The molecular formula is C18H25N5O4S. The van der Waals surface area contributed by atoms with Gasteiger partial charge in [-0.3, -0.25) is 15.1 Å². The first-order valence-electron chi connectivity index (χ1n) is 9.10. The molecule has 2 fully saturated rings. The predicted octanol–water partition coefficient (Wildman–Crippen LogP) is 0.174. The van der Waals surface area contributed by atoms with Gasteiger partial charge in [0, 0.05) is 26.2 Å². The van der Waals surface area contributed by atoms with E-state index in [4.69, 9.17) is 21.7 Å². The van der Waals surface area contributed by atoms with Crippen LogP contribution in [0.4, 0.5) is 4.79 Å². The summed E-state index contributed by atoms with van der Waals surface area (Å²) in [5.41, 5.74) is 2.16. The first-order chi connectivity index (χ1) is 13.4. The third kappa shape index (κ3) is 4.34. The van der Waals surface area contributed by atoms with Crippen LogP contribution in [0, 0.1) is 0 Å². The molecule has 0 aromatic heterocycles. The van der Waals surface area contributed by atoms with E-state index in [-0.39, 0.29) is 5.11 Å². The zero-order valence-electron chi connectivity index (χ0n) is 16.0. The lowest BCUT2D eigenvalue weighted by Crippen LogP contribution is -2.52. The van der Waals surface area contributed by atoms with Crippen LogP contribution in [-0.2, 0) is 15.1 Å². The minimum atomic E-state index is -1.18. The van der Waals surface area contributed by atoms with Gasteiger partial charge >= 0.3 is 6.03 Å². The molecule has 1 atom stereocenters. The zero-order chi connectivity index (χ0) is 20.1. The van der Waals surface area contributed by atoms with Crippen molar-refractivity contribution in [2.24, 2.45) is 0 Å². The summed E-state index contributed by atoms with van der Waals surface area (Å²) in [6, 6.07) is 6.43. The number of methoxy groups -OCH3 is 1. The standard InChI is InChI=1S/C18H25N5O4S/c1-18(13-3-5-14(26-2)6-4-13)15(24)23(17(25)20-18)21-16(28)19-7-8-22-9-11-27-12-10-22/h3-6H,7-12H2,1-2H3,(H,20,25)(H2,19,21,28)/t18-/m0/s1. The van der Waals surface area contributed by atoms with Crippen molar-refractivity contribution in [1.29, 1.82) is 0 Å². The van der Waals surface area contributed by atoms with E-state index in [1.165, 1.54) is 0 Å². The molecule has 152 valence electrons. The molecular weight excluding hydrogens is 382 g/mol. The predicted molar refractivity (Wildman–Crippen MR) is 107 cm³/mol. The van der Waals surface area contributed by atoms with Gasteiger partial charge in [0.2, 0.25) is 0 Å². The van der Waals surface area contributed by atoms with Crippen molar-refractivity contribution in [1.82, 2.24) is 26.0 Å². The number of urea groups is 1. The monoisotopic (exact) mass is 407 g/mol. The summed E-state index contributed by atoms with van der Waals surface area (Å²) in [7, 11) is 1.57. The number of morpholine rings is 1. The minimum Gasteiger partial charge on any atom is -0.497 e. The van der Waals surface area contributed by atoms with Gasteiger partial charge in [-0.05, 0) is 36.8 Å². The lowest BCUT2D eigenvalue weighted by molar-refractivity contribution is -0.132. The summed E-state index contributed by atoms with van der Waals surface area (Å²) >= 11 is 5.23. The molecule has 2 aliphatic heterocycles. The maximum Gasteiger partial charge on any atom is 0.344 e. The Morgan fingerprint density at radius 1 is 1.29 bits per heavy atom. The van der Waals surface area contributed by atoms with Gasteiger partial charge in [-0.15, -0.1) is 0 Å². The van der Waals surface area contributed by atoms with Gasteiger partial charge in [-0.2, -0.15) is 5.01 Å².